The zero-order chi connectivity index (χ0) is 34.5. The fourth-order valence-electron chi connectivity index (χ4n) is 12.8. The van der Waals surface area contributed by atoms with Crippen molar-refractivity contribution in [1.29, 1.82) is 0 Å². The van der Waals surface area contributed by atoms with Gasteiger partial charge in [-0.05, 0) is 134 Å². The molecule has 4 saturated carbocycles. The molecule has 266 valence electrons. The van der Waals surface area contributed by atoms with Gasteiger partial charge in [0.2, 0.25) is 0 Å². The highest BCUT2D eigenvalue weighted by Gasteiger charge is 2.65. The Labute approximate surface area is 291 Å². The van der Waals surface area contributed by atoms with Gasteiger partial charge in [-0.25, -0.2) is 13.2 Å². The number of allylic oxidation sites excluding steroid dienone is 3. The molecule has 0 amide bonds. The molecule has 1 saturated heterocycles. The van der Waals surface area contributed by atoms with Gasteiger partial charge in [0.1, 0.15) is 0 Å². The smallest absolute Gasteiger partial charge is 0.335 e. The van der Waals surface area contributed by atoms with E-state index in [4.69, 9.17) is 0 Å². The van der Waals surface area contributed by atoms with Gasteiger partial charge in [-0.1, -0.05) is 58.4 Å². The number of carboxylic acids is 1. The van der Waals surface area contributed by atoms with E-state index in [0.717, 1.165) is 43.2 Å². The quantitative estimate of drug-likeness (QED) is 0.296. The van der Waals surface area contributed by atoms with Gasteiger partial charge in [0.05, 0.1) is 17.1 Å². The zero-order valence-corrected chi connectivity index (χ0v) is 31.2. The van der Waals surface area contributed by atoms with Crippen molar-refractivity contribution in [1.82, 2.24) is 10.2 Å². The molecule has 1 aromatic carbocycles. The van der Waals surface area contributed by atoms with E-state index in [1.54, 1.807) is 18.2 Å². The predicted molar refractivity (Wildman–Crippen MR) is 197 cm³/mol. The van der Waals surface area contributed by atoms with Crippen molar-refractivity contribution in [3.63, 3.8) is 0 Å². The summed E-state index contributed by atoms with van der Waals surface area (Å²) in [7, 11) is -2.83. The lowest BCUT2D eigenvalue weighted by atomic mass is 9.37. The molecule has 5 aliphatic carbocycles. The van der Waals surface area contributed by atoms with Crippen LogP contribution in [0.25, 0.3) is 5.57 Å². The van der Waals surface area contributed by atoms with E-state index in [9.17, 15) is 18.3 Å². The molecule has 8 atom stereocenters. The van der Waals surface area contributed by atoms with Crippen LogP contribution in [0.2, 0.25) is 0 Å². The summed E-state index contributed by atoms with van der Waals surface area (Å²) in [6.45, 7) is 18.8. The first kappa shape index (κ1) is 35.9. The number of hydrogen-bond acceptors (Lipinski definition) is 5. The van der Waals surface area contributed by atoms with Crippen LogP contribution in [0.1, 0.15) is 115 Å². The molecule has 7 rings (SSSR count). The van der Waals surface area contributed by atoms with Crippen molar-refractivity contribution in [2.75, 3.05) is 37.7 Å². The Hall–Kier alpha value is -1.96. The van der Waals surface area contributed by atoms with Crippen LogP contribution in [0, 0.1) is 45.8 Å². The molecule has 0 radical (unpaired) electrons. The fourth-order valence-corrected chi connectivity index (χ4v) is 14.1. The minimum absolute atomic E-state index is 0.0472. The Morgan fingerprint density at radius 1 is 0.938 bits per heavy atom. The van der Waals surface area contributed by atoms with Crippen LogP contribution in [0.5, 0.6) is 0 Å². The first-order valence-electron chi connectivity index (χ1n) is 19.0. The van der Waals surface area contributed by atoms with E-state index in [1.165, 1.54) is 68.9 Å². The number of carboxylic acid groups (broad SMARTS) is 1. The Morgan fingerprint density at radius 2 is 1.62 bits per heavy atom. The van der Waals surface area contributed by atoms with Gasteiger partial charge < -0.3 is 15.3 Å². The van der Waals surface area contributed by atoms with Crippen LogP contribution in [0.15, 0.2) is 43.0 Å². The van der Waals surface area contributed by atoms with Gasteiger partial charge in [0.25, 0.3) is 0 Å². The van der Waals surface area contributed by atoms with Gasteiger partial charge in [-0.3, -0.25) is 0 Å². The number of nitrogens with zero attached hydrogens (tertiary/aromatic N) is 1. The van der Waals surface area contributed by atoms with Crippen molar-refractivity contribution in [3.05, 3.63) is 54.1 Å². The number of fused-ring (bicyclic) bond motifs is 7. The Morgan fingerprint density at radius 3 is 2.29 bits per heavy atom. The van der Waals surface area contributed by atoms with Crippen LogP contribution >= 0.6 is 0 Å². The molecule has 6 aliphatic rings. The summed E-state index contributed by atoms with van der Waals surface area (Å²) >= 11 is 0. The number of benzene rings is 1. The summed E-state index contributed by atoms with van der Waals surface area (Å²) in [5.41, 5.74) is 3.97. The molecule has 0 bridgehead atoms. The molecular weight excluding hydrogens is 617 g/mol. The van der Waals surface area contributed by atoms with E-state index < -0.39 is 15.8 Å². The SMILES string of the molecule is C=CC.CC1(C)C(c2ccc(C(=O)O)cc2)=CCC2(C)C1CCC1(C)C3CCC4(NCCN5CCS(=O)(=O)CC5)CCCC4C3CCC12. The van der Waals surface area contributed by atoms with Crippen LogP contribution in [0.4, 0.5) is 0 Å². The average Bonchev–Trinajstić information content (AvgIpc) is 3.46. The molecule has 1 aromatic rings. The van der Waals surface area contributed by atoms with Crippen LogP contribution in [-0.4, -0.2) is 67.6 Å². The normalized spacial score (nSPS) is 39.7. The maximum atomic E-state index is 11.9. The molecule has 48 heavy (non-hydrogen) atoms. The maximum absolute atomic E-state index is 11.9. The summed E-state index contributed by atoms with van der Waals surface area (Å²) in [4.78, 5) is 13.8. The molecule has 0 aromatic heterocycles. The van der Waals surface area contributed by atoms with Crippen molar-refractivity contribution >= 4 is 21.4 Å². The summed E-state index contributed by atoms with van der Waals surface area (Å²) in [5.74, 6) is 3.56. The molecular formula is C41H62N2O4S. The number of hydrogen-bond donors (Lipinski definition) is 2. The number of nitrogens with one attached hydrogen (secondary N) is 1. The molecule has 8 unspecified atom stereocenters. The number of aromatic carboxylic acids is 1. The number of rotatable bonds is 6. The van der Waals surface area contributed by atoms with Gasteiger partial charge in [0, 0.05) is 31.7 Å². The van der Waals surface area contributed by atoms with Crippen molar-refractivity contribution in [3.8, 4) is 0 Å². The second-order valence-corrected chi connectivity index (χ2v) is 19.8. The van der Waals surface area contributed by atoms with Gasteiger partial charge in [0.15, 0.2) is 9.84 Å². The zero-order valence-electron chi connectivity index (χ0n) is 30.4. The largest absolute Gasteiger partial charge is 0.478 e. The third kappa shape index (κ3) is 6.16. The molecule has 0 spiro atoms. The number of sulfone groups is 1. The maximum Gasteiger partial charge on any atom is 0.335 e. The minimum atomic E-state index is -2.83. The summed E-state index contributed by atoms with van der Waals surface area (Å²) in [6, 6.07) is 7.59. The van der Waals surface area contributed by atoms with E-state index in [-0.39, 0.29) is 16.4 Å². The van der Waals surface area contributed by atoms with Crippen molar-refractivity contribution in [2.24, 2.45) is 45.8 Å². The predicted octanol–water partition coefficient (Wildman–Crippen LogP) is 8.11. The lowest BCUT2D eigenvalue weighted by Crippen LogP contribution is -2.63. The second kappa shape index (κ2) is 13.3. The topological polar surface area (TPSA) is 86.7 Å². The van der Waals surface area contributed by atoms with Crippen LogP contribution in [-0.2, 0) is 9.84 Å². The summed E-state index contributed by atoms with van der Waals surface area (Å²) in [5, 5.41) is 13.6. The van der Waals surface area contributed by atoms with Gasteiger partial charge in [-0.15, -0.1) is 6.58 Å². The first-order valence-corrected chi connectivity index (χ1v) is 20.8. The Kier molecular flexibility index (Phi) is 9.93. The average molecular weight is 679 g/mol. The summed E-state index contributed by atoms with van der Waals surface area (Å²) < 4.78 is 23.8. The Balaban J connectivity index is 0.00000129. The highest BCUT2D eigenvalue weighted by molar-refractivity contribution is 7.91. The van der Waals surface area contributed by atoms with Crippen molar-refractivity contribution in [2.45, 2.75) is 104 Å². The fraction of sp³-hybridized carbons (Fsp3) is 0.732. The second-order valence-electron chi connectivity index (χ2n) is 17.5. The van der Waals surface area contributed by atoms with Gasteiger partial charge in [-0.2, -0.15) is 0 Å². The van der Waals surface area contributed by atoms with E-state index >= 15 is 0 Å². The van der Waals surface area contributed by atoms with Crippen LogP contribution in [0.3, 0.4) is 0 Å². The molecule has 6 nitrogen and oxygen atoms in total. The summed E-state index contributed by atoms with van der Waals surface area (Å²) in [6.07, 6.45) is 17.4. The molecule has 1 heterocycles. The number of carbonyl (C=O) groups is 1. The van der Waals surface area contributed by atoms with Crippen LogP contribution < -0.4 is 5.32 Å². The highest BCUT2D eigenvalue weighted by Crippen LogP contribution is 2.72. The minimum Gasteiger partial charge on any atom is -0.478 e. The van der Waals surface area contributed by atoms with Crippen molar-refractivity contribution < 1.29 is 18.3 Å². The van der Waals surface area contributed by atoms with E-state index in [1.807, 2.05) is 19.1 Å². The molecule has 5 fully saturated rings. The molecule has 2 N–H and O–H groups in total. The van der Waals surface area contributed by atoms with E-state index in [2.05, 4.69) is 50.6 Å². The first-order chi connectivity index (χ1) is 22.7. The molecule has 1 aliphatic heterocycles. The lowest BCUT2D eigenvalue weighted by Gasteiger charge is -2.68. The highest BCUT2D eigenvalue weighted by atomic mass is 32.2. The third-order valence-corrected chi connectivity index (χ3v) is 16.5. The Bertz CT molecular complexity index is 1490. The monoisotopic (exact) mass is 678 g/mol. The molecule has 7 heteroatoms. The van der Waals surface area contributed by atoms with Gasteiger partial charge >= 0.3 is 5.97 Å². The third-order valence-electron chi connectivity index (χ3n) is 14.9. The standard InChI is InChI=1S/C38H56N2O4S.C3H6/c1-35(2)29(26-7-9-27(10-8-26)34(41)42)13-17-37(4)32(35)15-18-36(3)30-14-19-38(16-5-6-31(38)28(30)11-12-33(36)37)39-20-21-40-22-24-45(43,44)25-23-40;1-3-2/h7-10,13,28,30-33,39H,5-6,11-12,14-25H2,1-4H3,(H,41,42);3H,1H2,2H3. The lowest BCUT2D eigenvalue weighted by molar-refractivity contribution is -0.172. The van der Waals surface area contributed by atoms with E-state index in [0.29, 0.717) is 41.5 Å².